The van der Waals surface area contributed by atoms with Crippen LogP contribution in [0.1, 0.15) is 24.8 Å². The van der Waals surface area contributed by atoms with Gasteiger partial charge in [-0.05, 0) is 43.0 Å². The number of anilines is 1. The van der Waals surface area contributed by atoms with Crippen LogP contribution >= 0.6 is 0 Å². The molecule has 1 N–H and O–H groups in total. The van der Waals surface area contributed by atoms with E-state index in [0.29, 0.717) is 29.1 Å². The monoisotopic (exact) mass is 383 g/mol. The van der Waals surface area contributed by atoms with Gasteiger partial charge < -0.3 is 4.74 Å². The lowest BCUT2D eigenvalue weighted by molar-refractivity contribution is 0.293. The van der Waals surface area contributed by atoms with E-state index in [4.69, 9.17) is 4.74 Å². The first-order chi connectivity index (χ1) is 13.0. The van der Waals surface area contributed by atoms with E-state index in [1.807, 2.05) is 18.2 Å². The zero-order valence-corrected chi connectivity index (χ0v) is 15.9. The van der Waals surface area contributed by atoms with Crippen molar-refractivity contribution in [2.45, 2.75) is 31.1 Å². The molecule has 2 aromatic carbocycles. The predicted molar refractivity (Wildman–Crippen MR) is 104 cm³/mol. The molecule has 0 aliphatic heterocycles. The summed E-state index contributed by atoms with van der Waals surface area (Å²) in [6.45, 7) is 2.25. The van der Waals surface area contributed by atoms with E-state index in [0.717, 1.165) is 6.42 Å². The molecule has 4 rings (SSSR count). The molecule has 0 radical (unpaired) electrons. The molecule has 1 fully saturated rings. The summed E-state index contributed by atoms with van der Waals surface area (Å²) in [6, 6.07) is 14.1. The van der Waals surface area contributed by atoms with Gasteiger partial charge in [-0.3, -0.25) is 4.72 Å². The molecule has 7 heteroatoms. The number of nitrogens with one attached hydrogen (secondary N) is 1. The van der Waals surface area contributed by atoms with Crippen LogP contribution < -0.4 is 9.46 Å². The van der Waals surface area contributed by atoms with Crippen LogP contribution in [0.5, 0.6) is 5.88 Å². The molecule has 0 amide bonds. The van der Waals surface area contributed by atoms with Gasteiger partial charge in [0.2, 0.25) is 5.82 Å². The first-order valence-corrected chi connectivity index (χ1v) is 10.5. The average molecular weight is 383 g/mol. The zero-order chi connectivity index (χ0) is 18.9. The lowest BCUT2D eigenvalue weighted by Crippen LogP contribution is -2.17. The van der Waals surface area contributed by atoms with Crippen LogP contribution in [0.4, 0.5) is 5.82 Å². The molecule has 0 saturated heterocycles. The Morgan fingerprint density at radius 1 is 1.04 bits per heavy atom. The second-order valence-corrected chi connectivity index (χ2v) is 8.47. The molecule has 1 aliphatic carbocycles. The number of benzene rings is 2. The molecular formula is C20H21N3O3S. The lowest BCUT2D eigenvalue weighted by atomic mass is 10.2. The molecule has 1 heterocycles. The fourth-order valence-electron chi connectivity index (χ4n) is 2.92. The van der Waals surface area contributed by atoms with Crippen molar-refractivity contribution in [3.8, 4) is 5.88 Å². The molecule has 0 bridgehead atoms. The summed E-state index contributed by atoms with van der Waals surface area (Å²) in [4.78, 5) is 9.14. The smallest absolute Gasteiger partial charge is 0.263 e. The summed E-state index contributed by atoms with van der Waals surface area (Å²) >= 11 is 0. The number of nitrogens with zero attached hydrogens (tertiary/aromatic N) is 2. The van der Waals surface area contributed by atoms with Crippen LogP contribution in [-0.2, 0) is 10.0 Å². The molecule has 1 aliphatic rings. The third-order valence-electron chi connectivity index (χ3n) is 4.61. The molecule has 0 spiro atoms. The Morgan fingerprint density at radius 3 is 2.41 bits per heavy atom. The van der Waals surface area contributed by atoms with Gasteiger partial charge in [-0.15, -0.1) is 0 Å². The molecule has 140 valence electrons. The van der Waals surface area contributed by atoms with Gasteiger partial charge >= 0.3 is 0 Å². The second kappa shape index (κ2) is 7.15. The van der Waals surface area contributed by atoms with E-state index < -0.39 is 10.0 Å². The maximum atomic E-state index is 12.9. The zero-order valence-electron chi connectivity index (χ0n) is 15.1. The molecule has 1 aromatic heterocycles. The van der Waals surface area contributed by atoms with E-state index >= 15 is 0 Å². The molecule has 27 heavy (non-hydrogen) atoms. The normalized spacial score (nSPS) is 14.3. The van der Waals surface area contributed by atoms with Crippen LogP contribution in [0.15, 0.2) is 53.4 Å². The SMILES string of the molecule is Cc1ccccc1S(=O)(=O)Nc1nc2ccccc2nc1OCCC1CC1. The summed E-state index contributed by atoms with van der Waals surface area (Å²) in [6.07, 6.45) is 3.41. The van der Waals surface area contributed by atoms with Crippen molar-refractivity contribution in [3.05, 3.63) is 54.1 Å². The first kappa shape index (κ1) is 17.7. The standard InChI is InChI=1S/C20H21N3O3S/c1-14-6-2-5-9-18(14)27(24,25)23-19-20(26-13-12-15-10-11-15)22-17-8-4-3-7-16(17)21-19/h2-9,15H,10-13H2,1H3,(H,21,23). The Kier molecular flexibility index (Phi) is 4.70. The summed E-state index contributed by atoms with van der Waals surface area (Å²) in [5.41, 5.74) is 1.93. The lowest BCUT2D eigenvalue weighted by Gasteiger charge is -2.14. The largest absolute Gasteiger partial charge is 0.475 e. The van der Waals surface area contributed by atoms with E-state index in [1.165, 1.54) is 12.8 Å². The Hall–Kier alpha value is -2.67. The molecular weight excluding hydrogens is 362 g/mol. The quantitative estimate of drug-likeness (QED) is 0.669. The number of hydrogen-bond acceptors (Lipinski definition) is 5. The number of sulfonamides is 1. The summed E-state index contributed by atoms with van der Waals surface area (Å²) < 4.78 is 34.1. The summed E-state index contributed by atoms with van der Waals surface area (Å²) in [5, 5.41) is 0. The van der Waals surface area contributed by atoms with Gasteiger partial charge in [0.25, 0.3) is 15.9 Å². The highest BCUT2D eigenvalue weighted by Gasteiger charge is 2.23. The van der Waals surface area contributed by atoms with Crippen LogP contribution in [0.25, 0.3) is 11.0 Å². The Labute approximate surface area is 158 Å². The third-order valence-corrected chi connectivity index (χ3v) is 6.11. The molecule has 1 saturated carbocycles. The summed E-state index contributed by atoms with van der Waals surface area (Å²) in [5.74, 6) is 1.05. The van der Waals surface area contributed by atoms with Crippen LogP contribution in [0.3, 0.4) is 0 Å². The van der Waals surface area contributed by atoms with Crippen molar-refractivity contribution in [2.24, 2.45) is 5.92 Å². The van der Waals surface area contributed by atoms with Gasteiger partial charge in [-0.1, -0.05) is 43.2 Å². The van der Waals surface area contributed by atoms with E-state index in [-0.39, 0.29) is 16.6 Å². The van der Waals surface area contributed by atoms with E-state index in [2.05, 4.69) is 14.7 Å². The number of ether oxygens (including phenoxy) is 1. The first-order valence-electron chi connectivity index (χ1n) is 9.01. The highest BCUT2D eigenvalue weighted by atomic mass is 32.2. The van der Waals surface area contributed by atoms with Crippen LogP contribution in [-0.4, -0.2) is 25.0 Å². The van der Waals surface area contributed by atoms with Crippen molar-refractivity contribution >= 4 is 26.9 Å². The molecule has 0 unspecified atom stereocenters. The molecule has 3 aromatic rings. The fourth-order valence-corrected chi connectivity index (χ4v) is 4.17. The fraction of sp³-hybridized carbons (Fsp3) is 0.300. The van der Waals surface area contributed by atoms with E-state index in [1.54, 1.807) is 37.3 Å². The number of aromatic nitrogens is 2. The van der Waals surface area contributed by atoms with Gasteiger partial charge in [-0.2, -0.15) is 0 Å². The van der Waals surface area contributed by atoms with Crippen molar-refractivity contribution in [3.63, 3.8) is 0 Å². The highest BCUT2D eigenvalue weighted by Crippen LogP contribution is 2.33. The number of hydrogen-bond donors (Lipinski definition) is 1. The van der Waals surface area contributed by atoms with Crippen LogP contribution in [0, 0.1) is 12.8 Å². The topological polar surface area (TPSA) is 81.2 Å². The predicted octanol–water partition coefficient (Wildman–Crippen LogP) is 3.92. The van der Waals surface area contributed by atoms with Gasteiger partial charge in [0.15, 0.2) is 0 Å². The highest BCUT2D eigenvalue weighted by molar-refractivity contribution is 7.92. The molecule has 0 atom stereocenters. The van der Waals surface area contributed by atoms with Crippen LogP contribution in [0.2, 0.25) is 0 Å². The Bertz CT molecular complexity index is 1080. The van der Waals surface area contributed by atoms with Crippen molar-refractivity contribution in [1.82, 2.24) is 9.97 Å². The summed E-state index contributed by atoms with van der Waals surface area (Å²) in [7, 11) is -3.80. The number of para-hydroxylation sites is 2. The molecule has 6 nitrogen and oxygen atoms in total. The van der Waals surface area contributed by atoms with Gasteiger partial charge in [0, 0.05) is 0 Å². The number of aryl methyl sites for hydroxylation is 1. The van der Waals surface area contributed by atoms with Gasteiger partial charge in [0.05, 0.1) is 22.5 Å². The Morgan fingerprint density at radius 2 is 1.70 bits per heavy atom. The van der Waals surface area contributed by atoms with Crippen molar-refractivity contribution in [1.29, 1.82) is 0 Å². The Balaban J connectivity index is 1.68. The number of rotatable bonds is 7. The number of fused-ring (bicyclic) bond motifs is 1. The second-order valence-electron chi connectivity index (χ2n) is 6.82. The van der Waals surface area contributed by atoms with Gasteiger partial charge in [-0.25, -0.2) is 18.4 Å². The minimum Gasteiger partial charge on any atom is -0.475 e. The minimum absolute atomic E-state index is 0.118. The van der Waals surface area contributed by atoms with Gasteiger partial charge in [0.1, 0.15) is 0 Å². The van der Waals surface area contributed by atoms with Crippen molar-refractivity contribution < 1.29 is 13.2 Å². The third kappa shape index (κ3) is 4.03. The maximum absolute atomic E-state index is 12.9. The maximum Gasteiger partial charge on any atom is 0.263 e. The van der Waals surface area contributed by atoms with Crippen molar-refractivity contribution in [2.75, 3.05) is 11.3 Å². The average Bonchev–Trinajstić information content (AvgIpc) is 3.46. The minimum atomic E-state index is -3.80. The van der Waals surface area contributed by atoms with E-state index in [9.17, 15) is 8.42 Å².